The Hall–Kier alpha value is -2.68. The maximum Gasteiger partial charge on any atom is 0.294 e. The molecule has 0 saturated carbocycles. The smallest absolute Gasteiger partial charge is 0.294 e. The Balaban J connectivity index is 2.09. The lowest BCUT2D eigenvalue weighted by Gasteiger charge is -2.41. The number of hydrogen-bond donors (Lipinski definition) is 3. The van der Waals surface area contributed by atoms with Gasteiger partial charge in [-0.05, 0) is 43.8 Å². The van der Waals surface area contributed by atoms with Gasteiger partial charge in [-0.15, -0.1) is 0 Å². The van der Waals surface area contributed by atoms with Crippen molar-refractivity contribution in [3.8, 4) is 0 Å². The Kier molecular flexibility index (Phi) is 5.59. The first-order valence-corrected chi connectivity index (χ1v) is 8.89. The molecule has 2 aromatic rings. The van der Waals surface area contributed by atoms with E-state index in [9.17, 15) is 9.59 Å². The van der Waals surface area contributed by atoms with Crippen LogP contribution in [0.15, 0.2) is 41.0 Å². The molecule has 2 amide bonds. The zero-order valence-electron chi connectivity index (χ0n) is 15.7. The minimum atomic E-state index is -0.237. The molecule has 4 N–H and O–H groups in total. The van der Waals surface area contributed by atoms with Crippen LogP contribution in [-0.4, -0.2) is 38.0 Å². The molecule has 27 heavy (non-hydrogen) atoms. The van der Waals surface area contributed by atoms with Gasteiger partial charge in [0.25, 0.3) is 5.91 Å². The number of amides is 2. The van der Waals surface area contributed by atoms with Crippen LogP contribution >= 0.6 is 0 Å². The fourth-order valence-corrected chi connectivity index (χ4v) is 3.52. The standard InChI is InChI=1S/C19H25N5O3/c1-12-11-23(19(26)18-5-4-8-27-18)17-9-14(15(10-20)22-21-3)6-7-16(17)24(12)13(2)25/h4-9,12,15,21-22H,10-11,20H2,1-3H3/t12-,15?/m0/s1. The van der Waals surface area contributed by atoms with Gasteiger partial charge in [0.2, 0.25) is 5.91 Å². The second-order valence-corrected chi connectivity index (χ2v) is 6.56. The molecule has 8 heteroatoms. The second kappa shape index (κ2) is 7.91. The van der Waals surface area contributed by atoms with E-state index in [1.807, 2.05) is 25.1 Å². The van der Waals surface area contributed by atoms with E-state index in [0.29, 0.717) is 24.5 Å². The minimum absolute atomic E-state index is 0.0645. The zero-order valence-corrected chi connectivity index (χ0v) is 15.7. The molecule has 0 aliphatic carbocycles. The molecule has 1 aliphatic heterocycles. The van der Waals surface area contributed by atoms with Crippen molar-refractivity contribution in [2.75, 3.05) is 29.9 Å². The number of fused-ring (bicyclic) bond motifs is 1. The molecule has 0 radical (unpaired) electrons. The molecule has 8 nitrogen and oxygen atoms in total. The Labute approximate surface area is 158 Å². The summed E-state index contributed by atoms with van der Waals surface area (Å²) in [6, 6.07) is 8.72. The molecule has 2 atom stereocenters. The first-order chi connectivity index (χ1) is 13.0. The largest absolute Gasteiger partial charge is 0.459 e. The molecule has 3 rings (SSSR count). The molecule has 1 unspecified atom stereocenters. The van der Waals surface area contributed by atoms with E-state index < -0.39 is 0 Å². The number of carbonyl (C=O) groups excluding carboxylic acids is 2. The van der Waals surface area contributed by atoms with Crippen LogP contribution in [0.1, 0.15) is 36.0 Å². The van der Waals surface area contributed by atoms with Gasteiger partial charge in [0.1, 0.15) is 0 Å². The van der Waals surface area contributed by atoms with Crippen LogP contribution in [0.4, 0.5) is 11.4 Å². The molecule has 2 heterocycles. The number of furan rings is 1. The van der Waals surface area contributed by atoms with Crippen molar-refractivity contribution in [1.82, 2.24) is 10.9 Å². The van der Waals surface area contributed by atoms with Crippen molar-refractivity contribution in [2.45, 2.75) is 25.9 Å². The number of nitrogens with one attached hydrogen (secondary N) is 2. The molecular formula is C19H25N5O3. The third-order valence-electron chi connectivity index (χ3n) is 4.71. The monoisotopic (exact) mass is 371 g/mol. The first kappa shape index (κ1) is 19.1. The number of rotatable bonds is 5. The third-order valence-corrected chi connectivity index (χ3v) is 4.71. The Morgan fingerprint density at radius 2 is 2.11 bits per heavy atom. The van der Waals surface area contributed by atoms with Crippen molar-refractivity contribution in [1.29, 1.82) is 0 Å². The van der Waals surface area contributed by atoms with Gasteiger partial charge < -0.3 is 20.0 Å². The number of anilines is 2. The van der Waals surface area contributed by atoms with E-state index in [2.05, 4.69) is 10.9 Å². The van der Waals surface area contributed by atoms with Crippen LogP contribution in [0.3, 0.4) is 0 Å². The van der Waals surface area contributed by atoms with Crippen molar-refractivity contribution < 1.29 is 14.0 Å². The fourth-order valence-electron chi connectivity index (χ4n) is 3.52. The molecule has 144 valence electrons. The number of carbonyl (C=O) groups is 2. The van der Waals surface area contributed by atoms with E-state index in [1.54, 1.807) is 29.0 Å². The topological polar surface area (TPSA) is 104 Å². The Bertz CT molecular complexity index is 821. The van der Waals surface area contributed by atoms with Gasteiger partial charge in [0, 0.05) is 20.0 Å². The van der Waals surface area contributed by atoms with Gasteiger partial charge in [-0.3, -0.25) is 15.0 Å². The summed E-state index contributed by atoms with van der Waals surface area (Å²) in [5.74, 6) is -0.0387. The van der Waals surface area contributed by atoms with E-state index in [-0.39, 0.29) is 29.7 Å². The average molecular weight is 371 g/mol. The highest BCUT2D eigenvalue weighted by molar-refractivity contribution is 6.09. The van der Waals surface area contributed by atoms with Crippen LogP contribution in [0.25, 0.3) is 0 Å². The van der Waals surface area contributed by atoms with Crippen LogP contribution in [0.5, 0.6) is 0 Å². The number of hydrazine groups is 1. The zero-order chi connectivity index (χ0) is 19.6. The molecule has 1 aliphatic rings. The van der Waals surface area contributed by atoms with E-state index in [1.165, 1.54) is 13.2 Å². The van der Waals surface area contributed by atoms with Crippen LogP contribution in [-0.2, 0) is 4.79 Å². The lowest BCUT2D eigenvalue weighted by molar-refractivity contribution is -0.117. The summed E-state index contributed by atoms with van der Waals surface area (Å²) in [6.45, 7) is 4.20. The molecule has 0 bridgehead atoms. The third kappa shape index (κ3) is 3.59. The summed E-state index contributed by atoms with van der Waals surface area (Å²) in [5.41, 5.74) is 14.1. The van der Waals surface area contributed by atoms with Gasteiger partial charge in [-0.1, -0.05) is 6.07 Å². The maximum absolute atomic E-state index is 13.0. The van der Waals surface area contributed by atoms with Crippen molar-refractivity contribution in [3.63, 3.8) is 0 Å². The number of benzene rings is 1. The second-order valence-electron chi connectivity index (χ2n) is 6.56. The summed E-state index contributed by atoms with van der Waals surface area (Å²) in [7, 11) is 1.77. The molecule has 0 fully saturated rings. The number of hydrogen-bond acceptors (Lipinski definition) is 6. The highest BCUT2D eigenvalue weighted by Crippen LogP contribution is 2.38. The summed E-state index contributed by atoms with van der Waals surface area (Å²) >= 11 is 0. The lowest BCUT2D eigenvalue weighted by atomic mass is 10.0. The van der Waals surface area contributed by atoms with Gasteiger partial charge in [0.15, 0.2) is 5.76 Å². The van der Waals surface area contributed by atoms with Gasteiger partial charge in [0.05, 0.1) is 29.7 Å². The summed E-state index contributed by atoms with van der Waals surface area (Å²) in [6.07, 6.45) is 1.47. The van der Waals surface area contributed by atoms with Crippen molar-refractivity contribution in [3.05, 3.63) is 47.9 Å². The Morgan fingerprint density at radius 1 is 1.33 bits per heavy atom. The molecule has 0 spiro atoms. The van der Waals surface area contributed by atoms with E-state index >= 15 is 0 Å². The minimum Gasteiger partial charge on any atom is -0.459 e. The molecular weight excluding hydrogens is 346 g/mol. The number of nitrogens with two attached hydrogens (primary N) is 1. The van der Waals surface area contributed by atoms with Crippen LogP contribution < -0.4 is 26.4 Å². The number of nitrogens with zero attached hydrogens (tertiary/aromatic N) is 2. The summed E-state index contributed by atoms with van der Waals surface area (Å²) in [4.78, 5) is 28.6. The fraction of sp³-hybridized carbons (Fsp3) is 0.368. The first-order valence-electron chi connectivity index (χ1n) is 8.89. The quantitative estimate of drug-likeness (QED) is 0.687. The molecule has 1 aromatic heterocycles. The highest BCUT2D eigenvalue weighted by atomic mass is 16.3. The van der Waals surface area contributed by atoms with Gasteiger partial charge in [-0.2, -0.15) is 0 Å². The van der Waals surface area contributed by atoms with Crippen molar-refractivity contribution >= 4 is 23.2 Å². The SMILES string of the molecule is CNNC(CN)c1ccc2c(c1)N(C(=O)c1ccco1)C[C@H](C)N2C(C)=O. The summed E-state index contributed by atoms with van der Waals surface area (Å²) in [5, 5.41) is 0. The normalized spacial score (nSPS) is 17.6. The van der Waals surface area contributed by atoms with E-state index in [0.717, 1.165) is 5.56 Å². The highest BCUT2D eigenvalue weighted by Gasteiger charge is 2.35. The predicted octanol–water partition coefficient (Wildman–Crippen LogP) is 1.41. The van der Waals surface area contributed by atoms with Gasteiger partial charge >= 0.3 is 0 Å². The van der Waals surface area contributed by atoms with Crippen LogP contribution in [0, 0.1) is 0 Å². The van der Waals surface area contributed by atoms with E-state index in [4.69, 9.17) is 10.2 Å². The van der Waals surface area contributed by atoms with Crippen molar-refractivity contribution in [2.24, 2.45) is 5.73 Å². The average Bonchev–Trinajstić information content (AvgIpc) is 3.19. The lowest BCUT2D eigenvalue weighted by Crippen LogP contribution is -2.51. The molecule has 0 saturated heterocycles. The van der Waals surface area contributed by atoms with Gasteiger partial charge in [-0.25, -0.2) is 5.43 Å². The predicted molar refractivity (Wildman–Crippen MR) is 103 cm³/mol. The Morgan fingerprint density at radius 3 is 2.70 bits per heavy atom. The maximum atomic E-state index is 13.0. The van der Waals surface area contributed by atoms with Crippen LogP contribution in [0.2, 0.25) is 0 Å². The summed E-state index contributed by atoms with van der Waals surface area (Å²) < 4.78 is 5.30. The molecule has 1 aromatic carbocycles.